The van der Waals surface area contributed by atoms with Crippen molar-refractivity contribution in [3.8, 4) is 0 Å². The number of H-pyrrole nitrogens is 1. The maximum atomic E-state index is 12.6. The zero-order valence-electron chi connectivity index (χ0n) is 13.3. The summed E-state index contributed by atoms with van der Waals surface area (Å²) in [6.45, 7) is 2.09. The molecule has 1 aromatic heterocycles. The van der Waals surface area contributed by atoms with Crippen LogP contribution in [0.1, 0.15) is 63.7 Å². The third kappa shape index (κ3) is 3.32. The molecule has 1 aliphatic rings. The number of nitrogens with one attached hydrogen (secondary N) is 2. The number of rotatable bonds is 4. The van der Waals surface area contributed by atoms with E-state index in [-0.39, 0.29) is 17.9 Å². The van der Waals surface area contributed by atoms with Crippen LogP contribution in [0.4, 0.5) is 0 Å². The Labute approximate surface area is 131 Å². The molecule has 3 rings (SSSR count). The van der Waals surface area contributed by atoms with Crippen molar-refractivity contribution in [2.24, 2.45) is 5.92 Å². The third-order valence-electron chi connectivity index (χ3n) is 4.69. The highest BCUT2D eigenvalue weighted by Crippen LogP contribution is 2.25. The summed E-state index contributed by atoms with van der Waals surface area (Å²) in [6, 6.07) is 7.97. The molecule has 1 amide bonds. The van der Waals surface area contributed by atoms with Crippen LogP contribution in [-0.2, 0) is 4.79 Å². The topological polar surface area (TPSA) is 57.8 Å². The Morgan fingerprint density at radius 3 is 2.68 bits per heavy atom. The molecule has 0 radical (unpaired) electrons. The number of amides is 1. The minimum Gasteiger partial charge on any atom is -0.346 e. The fourth-order valence-corrected chi connectivity index (χ4v) is 3.33. The van der Waals surface area contributed by atoms with E-state index in [0.717, 1.165) is 36.1 Å². The molecule has 1 heterocycles. The summed E-state index contributed by atoms with van der Waals surface area (Å²) in [5.41, 5.74) is 1.99. The van der Waals surface area contributed by atoms with E-state index >= 15 is 0 Å². The summed E-state index contributed by atoms with van der Waals surface area (Å²) in [7, 11) is 0. The van der Waals surface area contributed by atoms with Gasteiger partial charge in [0.05, 0.1) is 17.1 Å². The van der Waals surface area contributed by atoms with Crippen LogP contribution < -0.4 is 5.32 Å². The molecular weight excluding hydrogens is 274 g/mol. The first-order chi connectivity index (χ1) is 10.8. The van der Waals surface area contributed by atoms with E-state index < -0.39 is 0 Å². The first-order valence-corrected chi connectivity index (χ1v) is 8.53. The van der Waals surface area contributed by atoms with Crippen LogP contribution in [0.3, 0.4) is 0 Å². The Morgan fingerprint density at radius 2 is 2.00 bits per heavy atom. The first kappa shape index (κ1) is 15.1. The van der Waals surface area contributed by atoms with Crippen LogP contribution >= 0.6 is 0 Å². The molecule has 0 spiro atoms. The van der Waals surface area contributed by atoms with Gasteiger partial charge in [-0.1, -0.05) is 44.7 Å². The van der Waals surface area contributed by atoms with Crippen molar-refractivity contribution >= 4 is 16.9 Å². The quantitative estimate of drug-likeness (QED) is 0.835. The highest BCUT2D eigenvalue weighted by Gasteiger charge is 2.23. The van der Waals surface area contributed by atoms with Crippen molar-refractivity contribution in [2.45, 2.75) is 57.9 Å². The Balaban J connectivity index is 1.71. The summed E-state index contributed by atoms with van der Waals surface area (Å²) in [6.07, 6.45) is 7.80. The Morgan fingerprint density at radius 1 is 1.27 bits per heavy atom. The zero-order chi connectivity index (χ0) is 15.4. The number of para-hydroxylation sites is 2. The Hall–Kier alpha value is -1.84. The Kier molecular flexibility index (Phi) is 4.76. The van der Waals surface area contributed by atoms with E-state index in [1.54, 1.807) is 0 Å². The molecule has 1 unspecified atom stereocenters. The minimum atomic E-state index is -0.0249. The number of fused-ring (bicyclic) bond motifs is 1. The van der Waals surface area contributed by atoms with Crippen molar-refractivity contribution in [2.75, 3.05) is 0 Å². The van der Waals surface area contributed by atoms with Gasteiger partial charge in [-0.2, -0.15) is 0 Å². The molecule has 1 aromatic carbocycles. The average molecular weight is 299 g/mol. The van der Waals surface area contributed by atoms with Crippen molar-refractivity contribution < 1.29 is 4.79 Å². The molecular formula is C18H25N3O. The second-order valence-electron chi connectivity index (χ2n) is 6.30. The summed E-state index contributed by atoms with van der Waals surface area (Å²) in [5.74, 6) is 1.25. The molecule has 4 nitrogen and oxygen atoms in total. The van der Waals surface area contributed by atoms with Gasteiger partial charge in [-0.15, -0.1) is 0 Å². The lowest BCUT2D eigenvalue weighted by atomic mass is 9.99. The van der Waals surface area contributed by atoms with E-state index in [0.29, 0.717) is 0 Å². The highest BCUT2D eigenvalue weighted by molar-refractivity contribution is 5.79. The van der Waals surface area contributed by atoms with Crippen LogP contribution in [0, 0.1) is 5.92 Å². The number of benzene rings is 1. The van der Waals surface area contributed by atoms with Gasteiger partial charge < -0.3 is 10.3 Å². The van der Waals surface area contributed by atoms with Gasteiger partial charge in [0.15, 0.2) is 0 Å². The second kappa shape index (κ2) is 6.95. The second-order valence-corrected chi connectivity index (χ2v) is 6.30. The van der Waals surface area contributed by atoms with Gasteiger partial charge in [-0.05, 0) is 31.4 Å². The van der Waals surface area contributed by atoms with E-state index in [9.17, 15) is 4.79 Å². The zero-order valence-corrected chi connectivity index (χ0v) is 13.3. The van der Waals surface area contributed by atoms with Crippen LogP contribution in [0.15, 0.2) is 24.3 Å². The molecule has 2 N–H and O–H groups in total. The van der Waals surface area contributed by atoms with Gasteiger partial charge in [-0.3, -0.25) is 4.79 Å². The van der Waals surface area contributed by atoms with E-state index in [1.807, 2.05) is 24.3 Å². The van der Waals surface area contributed by atoms with Gasteiger partial charge in [0.25, 0.3) is 0 Å². The molecule has 118 valence electrons. The number of aromatic nitrogens is 2. The number of hydrogen-bond donors (Lipinski definition) is 2. The molecule has 22 heavy (non-hydrogen) atoms. The van der Waals surface area contributed by atoms with E-state index in [2.05, 4.69) is 22.2 Å². The third-order valence-corrected chi connectivity index (χ3v) is 4.69. The maximum Gasteiger partial charge on any atom is 0.223 e. The molecule has 0 saturated heterocycles. The van der Waals surface area contributed by atoms with Crippen LogP contribution in [0.2, 0.25) is 0 Å². The number of hydrogen-bond acceptors (Lipinski definition) is 2. The fourth-order valence-electron chi connectivity index (χ4n) is 3.33. The molecule has 4 heteroatoms. The predicted octanol–water partition coefficient (Wildman–Crippen LogP) is 4.10. The number of imidazole rings is 1. The lowest BCUT2D eigenvalue weighted by molar-refractivity contribution is -0.126. The summed E-state index contributed by atoms with van der Waals surface area (Å²) in [4.78, 5) is 20.5. The number of nitrogens with zero attached hydrogens (tertiary/aromatic N) is 1. The first-order valence-electron chi connectivity index (χ1n) is 8.53. The fraction of sp³-hybridized carbons (Fsp3) is 0.556. The maximum absolute atomic E-state index is 12.6. The lowest BCUT2D eigenvalue weighted by Crippen LogP contribution is -2.34. The SMILES string of the molecule is CCC(NC(=O)C1CCCCCC1)c1nc2ccccc2[nH]1. The van der Waals surface area contributed by atoms with Crippen molar-refractivity contribution in [3.63, 3.8) is 0 Å². The molecule has 0 bridgehead atoms. The standard InChI is InChI=1S/C18H25N3O/c1-2-14(17-19-15-11-7-8-12-16(15)20-17)21-18(22)13-9-5-3-4-6-10-13/h7-8,11-14H,2-6,9-10H2,1H3,(H,19,20)(H,21,22). The highest BCUT2D eigenvalue weighted by atomic mass is 16.1. The van der Waals surface area contributed by atoms with Crippen LogP contribution in [-0.4, -0.2) is 15.9 Å². The van der Waals surface area contributed by atoms with E-state index in [4.69, 9.17) is 0 Å². The van der Waals surface area contributed by atoms with Gasteiger partial charge in [0, 0.05) is 5.92 Å². The van der Waals surface area contributed by atoms with Gasteiger partial charge >= 0.3 is 0 Å². The van der Waals surface area contributed by atoms with Gasteiger partial charge in [0.1, 0.15) is 5.82 Å². The molecule has 1 aliphatic carbocycles. The number of carbonyl (C=O) groups is 1. The average Bonchev–Trinajstić information content (AvgIpc) is 2.77. The number of carbonyl (C=O) groups excluding carboxylic acids is 1. The summed E-state index contributed by atoms with van der Waals surface area (Å²) < 4.78 is 0. The van der Waals surface area contributed by atoms with Crippen molar-refractivity contribution in [1.29, 1.82) is 0 Å². The summed E-state index contributed by atoms with van der Waals surface area (Å²) >= 11 is 0. The normalized spacial score (nSPS) is 18.0. The van der Waals surface area contributed by atoms with Crippen LogP contribution in [0.5, 0.6) is 0 Å². The largest absolute Gasteiger partial charge is 0.346 e. The molecule has 0 aliphatic heterocycles. The predicted molar refractivity (Wildman–Crippen MR) is 88.5 cm³/mol. The van der Waals surface area contributed by atoms with E-state index in [1.165, 1.54) is 25.7 Å². The lowest BCUT2D eigenvalue weighted by Gasteiger charge is -2.19. The summed E-state index contributed by atoms with van der Waals surface area (Å²) in [5, 5.41) is 3.21. The van der Waals surface area contributed by atoms with Gasteiger partial charge in [-0.25, -0.2) is 4.98 Å². The monoisotopic (exact) mass is 299 g/mol. The van der Waals surface area contributed by atoms with Gasteiger partial charge in [0.2, 0.25) is 5.91 Å². The molecule has 1 fully saturated rings. The van der Waals surface area contributed by atoms with Crippen LogP contribution in [0.25, 0.3) is 11.0 Å². The smallest absolute Gasteiger partial charge is 0.223 e. The van der Waals surface area contributed by atoms with Crippen molar-refractivity contribution in [3.05, 3.63) is 30.1 Å². The number of aromatic amines is 1. The van der Waals surface area contributed by atoms with Crippen molar-refractivity contribution in [1.82, 2.24) is 15.3 Å². The molecule has 1 atom stereocenters. The molecule has 1 saturated carbocycles. The minimum absolute atomic E-state index is 0.0249. The Bertz CT molecular complexity index is 593. The molecule has 2 aromatic rings.